The lowest BCUT2D eigenvalue weighted by atomic mass is 9.96. The minimum absolute atomic E-state index is 0.0830. The van der Waals surface area contributed by atoms with Crippen molar-refractivity contribution in [3.05, 3.63) is 82.9 Å². The lowest BCUT2D eigenvalue weighted by Crippen LogP contribution is -2.42. The summed E-state index contributed by atoms with van der Waals surface area (Å²) in [6.07, 6.45) is -5.20. The molecule has 0 unspecified atom stereocenters. The van der Waals surface area contributed by atoms with Crippen molar-refractivity contribution in [1.82, 2.24) is 5.32 Å². The summed E-state index contributed by atoms with van der Waals surface area (Å²) in [5.74, 6) is -2.25. The number of esters is 1. The summed E-state index contributed by atoms with van der Waals surface area (Å²) in [5.41, 5.74) is 3.02. The standard InChI is InChI=1S/C28H25ClF3NO6/c29-21-2-1-3-22(13-21)37-16-24(39-27(36)28(30,31)32)15-33-14-23-10-8-20-12-19(9-11-25(20)38-23)17-4-6-18(7-5-17)26(34)35/h1-7,9,11-13,23-24,33H,8,10,14-16H2,(H,34,35)/t23-,24+/m1/s1. The number of nitrogens with one attached hydrogen (secondary N) is 1. The van der Waals surface area contributed by atoms with Crippen LogP contribution >= 0.6 is 11.6 Å². The van der Waals surface area contributed by atoms with Crippen LogP contribution in [-0.2, 0) is 16.0 Å². The molecule has 7 nitrogen and oxygen atoms in total. The first-order chi connectivity index (χ1) is 18.6. The van der Waals surface area contributed by atoms with Crippen LogP contribution in [0.15, 0.2) is 66.7 Å². The van der Waals surface area contributed by atoms with Crippen LogP contribution in [0.4, 0.5) is 13.2 Å². The lowest BCUT2D eigenvalue weighted by molar-refractivity contribution is -0.205. The first-order valence-corrected chi connectivity index (χ1v) is 12.5. The number of carboxylic acids is 1. The monoisotopic (exact) mass is 563 g/mol. The van der Waals surface area contributed by atoms with Crippen LogP contribution in [0.5, 0.6) is 11.5 Å². The molecule has 0 spiro atoms. The number of hydrogen-bond donors (Lipinski definition) is 2. The fourth-order valence-electron chi connectivity index (χ4n) is 4.08. The summed E-state index contributed by atoms with van der Waals surface area (Å²) in [4.78, 5) is 22.5. The Labute approximate surface area is 227 Å². The van der Waals surface area contributed by atoms with Crippen LogP contribution in [0.25, 0.3) is 11.1 Å². The molecule has 2 N–H and O–H groups in total. The third-order valence-electron chi connectivity index (χ3n) is 6.04. The number of ether oxygens (including phenoxy) is 3. The molecule has 0 aliphatic carbocycles. The fourth-order valence-corrected chi connectivity index (χ4v) is 4.26. The van der Waals surface area contributed by atoms with Crippen molar-refractivity contribution >= 4 is 23.5 Å². The Morgan fingerprint density at radius 1 is 1.08 bits per heavy atom. The number of alkyl halides is 3. The molecule has 0 saturated carbocycles. The molecule has 3 aromatic carbocycles. The van der Waals surface area contributed by atoms with Crippen LogP contribution in [0.2, 0.25) is 5.02 Å². The zero-order valence-electron chi connectivity index (χ0n) is 20.5. The Kier molecular flexibility index (Phi) is 8.98. The Morgan fingerprint density at radius 2 is 1.82 bits per heavy atom. The number of carboxylic acid groups (broad SMARTS) is 1. The first kappa shape index (κ1) is 28.3. The third-order valence-corrected chi connectivity index (χ3v) is 6.27. The third kappa shape index (κ3) is 7.87. The predicted octanol–water partition coefficient (Wildman–Crippen LogP) is 5.54. The topological polar surface area (TPSA) is 94.1 Å². The molecule has 1 heterocycles. The van der Waals surface area contributed by atoms with Gasteiger partial charge < -0.3 is 24.6 Å². The van der Waals surface area contributed by atoms with Crippen molar-refractivity contribution in [2.24, 2.45) is 0 Å². The summed E-state index contributed by atoms with van der Waals surface area (Å²) in [6.45, 7) is -0.0742. The summed E-state index contributed by atoms with van der Waals surface area (Å²) in [7, 11) is 0. The van der Waals surface area contributed by atoms with Crippen LogP contribution in [0.1, 0.15) is 22.3 Å². The molecule has 3 aromatic rings. The largest absolute Gasteiger partial charge is 0.490 e. The molecule has 2 atom stereocenters. The SMILES string of the molecule is O=C(O)c1ccc(-c2ccc3c(c2)CC[C@H](CNC[C@@H](COc2cccc(Cl)c2)OC(=O)C(F)(F)F)O3)cc1. The Bertz CT molecular complexity index is 1320. The van der Waals surface area contributed by atoms with Gasteiger partial charge in [-0.05, 0) is 72.0 Å². The number of aryl methyl sites for hydroxylation is 1. The second kappa shape index (κ2) is 12.4. The molecule has 0 aromatic heterocycles. The highest BCUT2D eigenvalue weighted by Gasteiger charge is 2.42. The number of carbonyl (C=O) groups excluding carboxylic acids is 1. The van der Waals surface area contributed by atoms with Gasteiger partial charge in [-0.2, -0.15) is 13.2 Å². The van der Waals surface area contributed by atoms with Gasteiger partial charge in [0.05, 0.1) is 5.56 Å². The van der Waals surface area contributed by atoms with Gasteiger partial charge in [-0.1, -0.05) is 35.9 Å². The average Bonchev–Trinajstić information content (AvgIpc) is 2.90. The quantitative estimate of drug-likeness (QED) is 0.313. The van der Waals surface area contributed by atoms with E-state index in [1.165, 1.54) is 6.07 Å². The van der Waals surface area contributed by atoms with Crippen LogP contribution in [0, 0.1) is 0 Å². The van der Waals surface area contributed by atoms with E-state index in [1.54, 1.807) is 42.5 Å². The molecule has 11 heteroatoms. The minimum atomic E-state index is -5.12. The molecule has 0 bridgehead atoms. The molecule has 0 amide bonds. The summed E-state index contributed by atoms with van der Waals surface area (Å²) in [5, 5.41) is 12.5. The Balaban J connectivity index is 1.32. The van der Waals surface area contributed by atoms with Gasteiger partial charge in [0, 0.05) is 18.1 Å². The smallest absolute Gasteiger partial charge is 0.490 e. The van der Waals surface area contributed by atoms with E-state index in [0.717, 1.165) is 16.7 Å². The molecule has 1 aliphatic rings. The van der Waals surface area contributed by atoms with E-state index in [-0.39, 0.29) is 24.8 Å². The molecule has 206 valence electrons. The second-order valence-electron chi connectivity index (χ2n) is 8.94. The lowest BCUT2D eigenvalue weighted by Gasteiger charge is -2.27. The summed E-state index contributed by atoms with van der Waals surface area (Å²) < 4.78 is 54.5. The Hall–Kier alpha value is -3.76. The number of aromatic carboxylic acids is 1. The van der Waals surface area contributed by atoms with Crippen molar-refractivity contribution in [2.75, 3.05) is 19.7 Å². The average molecular weight is 564 g/mol. The molecule has 0 saturated heterocycles. The maximum absolute atomic E-state index is 12.8. The maximum atomic E-state index is 12.8. The summed E-state index contributed by atoms with van der Waals surface area (Å²) in [6, 6.07) is 18.7. The van der Waals surface area contributed by atoms with E-state index < -0.39 is 24.2 Å². The van der Waals surface area contributed by atoms with Gasteiger partial charge in [0.25, 0.3) is 0 Å². The van der Waals surface area contributed by atoms with Gasteiger partial charge >= 0.3 is 18.1 Å². The number of halogens is 4. The van der Waals surface area contributed by atoms with Gasteiger partial charge in [-0.25, -0.2) is 9.59 Å². The van der Waals surface area contributed by atoms with Crippen molar-refractivity contribution in [3.63, 3.8) is 0 Å². The van der Waals surface area contributed by atoms with Crippen LogP contribution < -0.4 is 14.8 Å². The first-order valence-electron chi connectivity index (χ1n) is 12.1. The molecular formula is C28H25ClF3NO6. The molecule has 0 radical (unpaired) electrons. The van der Waals surface area contributed by atoms with E-state index >= 15 is 0 Å². The molecule has 4 rings (SSSR count). The van der Waals surface area contributed by atoms with E-state index in [9.17, 15) is 22.8 Å². The second-order valence-corrected chi connectivity index (χ2v) is 9.37. The number of rotatable bonds is 10. The van der Waals surface area contributed by atoms with Gasteiger partial charge in [0.15, 0.2) is 0 Å². The maximum Gasteiger partial charge on any atom is 0.490 e. The van der Waals surface area contributed by atoms with Crippen molar-refractivity contribution in [1.29, 1.82) is 0 Å². The molecule has 39 heavy (non-hydrogen) atoms. The molecular weight excluding hydrogens is 539 g/mol. The Morgan fingerprint density at radius 3 is 2.51 bits per heavy atom. The van der Waals surface area contributed by atoms with Gasteiger partial charge in [-0.15, -0.1) is 0 Å². The van der Waals surface area contributed by atoms with E-state index in [4.69, 9.17) is 26.2 Å². The number of hydrogen-bond acceptors (Lipinski definition) is 6. The van der Waals surface area contributed by atoms with Crippen molar-refractivity contribution in [2.45, 2.75) is 31.2 Å². The van der Waals surface area contributed by atoms with E-state index in [2.05, 4.69) is 10.1 Å². The molecule has 0 fully saturated rings. The summed E-state index contributed by atoms with van der Waals surface area (Å²) >= 11 is 5.91. The van der Waals surface area contributed by atoms with Crippen molar-refractivity contribution < 1.29 is 42.1 Å². The highest BCUT2D eigenvalue weighted by Crippen LogP contribution is 2.32. The number of carbonyl (C=O) groups is 2. The van der Waals surface area contributed by atoms with Crippen LogP contribution in [0.3, 0.4) is 0 Å². The molecule has 1 aliphatic heterocycles. The number of benzene rings is 3. The van der Waals surface area contributed by atoms with Crippen molar-refractivity contribution in [3.8, 4) is 22.6 Å². The normalized spacial score (nSPS) is 15.5. The van der Waals surface area contributed by atoms with E-state index in [1.807, 2.05) is 18.2 Å². The van der Waals surface area contributed by atoms with Crippen LogP contribution in [-0.4, -0.2) is 55.1 Å². The highest BCUT2D eigenvalue weighted by molar-refractivity contribution is 6.30. The van der Waals surface area contributed by atoms with Gasteiger partial charge in [-0.3, -0.25) is 0 Å². The zero-order chi connectivity index (χ0) is 28.0. The number of fused-ring (bicyclic) bond motifs is 1. The van der Waals surface area contributed by atoms with E-state index in [0.29, 0.717) is 35.9 Å². The predicted molar refractivity (Wildman–Crippen MR) is 137 cm³/mol. The fraction of sp³-hybridized carbons (Fsp3) is 0.286. The minimum Gasteiger partial charge on any atom is -0.490 e. The van der Waals surface area contributed by atoms with Gasteiger partial charge in [0.1, 0.15) is 30.3 Å². The highest BCUT2D eigenvalue weighted by atomic mass is 35.5. The van der Waals surface area contributed by atoms with Gasteiger partial charge in [0.2, 0.25) is 0 Å². The zero-order valence-corrected chi connectivity index (χ0v) is 21.3.